The number of fused-ring (bicyclic) bond motifs is 1. The lowest BCUT2D eigenvalue weighted by Crippen LogP contribution is -2.39. The molecule has 1 aliphatic rings. The first kappa shape index (κ1) is 22.3. The first-order chi connectivity index (χ1) is 16.7. The van der Waals surface area contributed by atoms with Gasteiger partial charge in [-0.2, -0.15) is 5.10 Å². The van der Waals surface area contributed by atoms with Gasteiger partial charge in [0.1, 0.15) is 5.82 Å². The largest absolute Gasteiger partial charge is 0.350 e. The number of aromatic nitrogens is 2. The number of amides is 1. The molecule has 0 bridgehead atoms. The number of nitrogens with one attached hydrogen (secondary N) is 2. The van der Waals surface area contributed by atoms with Crippen LogP contribution >= 0.6 is 0 Å². The number of benzene rings is 3. The van der Waals surface area contributed by atoms with Crippen molar-refractivity contribution in [3.05, 3.63) is 89.9 Å². The van der Waals surface area contributed by atoms with Crippen LogP contribution in [0.15, 0.2) is 72.8 Å². The van der Waals surface area contributed by atoms with Gasteiger partial charge in [-0.25, -0.2) is 4.39 Å². The van der Waals surface area contributed by atoms with Gasteiger partial charge in [0.2, 0.25) is 0 Å². The van der Waals surface area contributed by atoms with Gasteiger partial charge in [0.05, 0.1) is 5.52 Å². The van der Waals surface area contributed by atoms with Crippen molar-refractivity contribution in [2.45, 2.75) is 19.3 Å². The number of halogens is 1. The minimum absolute atomic E-state index is 0.191. The Bertz CT molecular complexity index is 1260. The number of aromatic amines is 1. The summed E-state index contributed by atoms with van der Waals surface area (Å²) in [5, 5.41) is 10.9. The van der Waals surface area contributed by atoms with E-state index in [1.165, 1.54) is 11.6 Å². The van der Waals surface area contributed by atoms with Gasteiger partial charge >= 0.3 is 0 Å². The van der Waals surface area contributed by atoms with Gasteiger partial charge < -0.3 is 10.2 Å². The van der Waals surface area contributed by atoms with E-state index in [4.69, 9.17) is 0 Å². The second kappa shape index (κ2) is 10.2. The standard InChI is InChI=1S/C28H29FN4O/c29-25-9-5-4-8-23(25)22-10-11-26-24(18-22)27(32-31-26)28(34)30-19-21-13-16-33(17-14-21)15-12-20-6-2-1-3-7-20/h1-11,18,21H,12-17,19H2,(H,30,34)(H,31,32). The zero-order valence-corrected chi connectivity index (χ0v) is 19.1. The van der Waals surface area contributed by atoms with Crippen LogP contribution in [0.4, 0.5) is 4.39 Å². The topological polar surface area (TPSA) is 61.0 Å². The van der Waals surface area contributed by atoms with Crippen molar-refractivity contribution in [3.63, 3.8) is 0 Å². The van der Waals surface area contributed by atoms with Crippen LogP contribution in [0.5, 0.6) is 0 Å². The summed E-state index contributed by atoms with van der Waals surface area (Å²) in [6, 6.07) is 22.8. The summed E-state index contributed by atoms with van der Waals surface area (Å²) < 4.78 is 14.2. The fourth-order valence-electron chi connectivity index (χ4n) is 4.72. The number of H-pyrrole nitrogens is 1. The monoisotopic (exact) mass is 456 g/mol. The number of rotatable bonds is 7. The van der Waals surface area contributed by atoms with E-state index in [1.54, 1.807) is 18.2 Å². The molecule has 0 spiro atoms. The average molecular weight is 457 g/mol. The molecule has 4 aromatic rings. The van der Waals surface area contributed by atoms with Crippen LogP contribution in [0.1, 0.15) is 28.9 Å². The Balaban J connectivity index is 1.16. The quantitative estimate of drug-likeness (QED) is 0.409. The molecule has 0 radical (unpaired) electrons. The maximum atomic E-state index is 14.2. The van der Waals surface area contributed by atoms with Gasteiger partial charge in [0.25, 0.3) is 5.91 Å². The van der Waals surface area contributed by atoms with E-state index < -0.39 is 0 Å². The smallest absolute Gasteiger partial charge is 0.272 e. The summed E-state index contributed by atoms with van der Waals surface area (Å²) in [4.78, 5) is 15.4. The molecule has 1 amide bonds. The average Bonchev–Trinajstić information content (AvgIpc) is 3.31. The summed E-state index contributed by atoms with van der Waals surface area (Å²) >= 11 is 0. The van der Waals surface area contributed by atoms with Crippen LogP contribution in [0.2, 0.25) is 0 Å². The zero-order chi connectivity index (χ0) is 23.3. The third kappa shape index (κ3) is 5.02. The molecule has 0 aliphatic carbocycles. The molecule has 1 aliphatic heterocycles. The number of carbonyl (C=O) groups excluding carboxylic acids is 1. The molecule has 5 nitrogen and oxygen atoms in total. The minimum atomic E-state index is -0.286. The molecule has 0 unspecified atom stereocenters. The number of piperidine rings is 1. The molecule has 1 aromatic heterocycles. The third-order valence-corrected chi connectivity index (χ3v) is 6.78. The van der Waals surface area contributed by atoms with Crippen LogP contribution in [0.3, 0.4) is 0 Å². The molecular weight excluding hydrogens is 427 g/mol. The Morgan fingerprint density at radius 2 is 1.79 bits per heavy atom. The molecule has 0 atom stereocenters. The van der Waals surface area contributed by atoms with Crippen molar-refractivity contribution < 1.29 is 9.18 Å². The maximum Gasteiger partial charge on any atom is 0.272 e. The molecule has 0 saturated carbocycles. The molecule has 1 fully saturated rings. The van der Waals surface area contributed by atoms with E-state index in [0.717, 1.165) is 50.0 Å². The van der Waals surface area contributed by atoms with Gasteiger partial charge in [-0.05, 0) is 67.6 Å². The highest BCUT2D eigenvalue weighted by molar-refractivity contribution is 6.05. The SMILES string of the molecule is O=C(NCC1CCN(CCc2ccccc2)CC1)c1n[nH]c2ccc(-c3ccccc3F)cc12. The van der Waals surface area contributed by atoms with Gasteiger partial charge in [-0.15, -0.1) is 0 Å². The lowest BCUT2D eigenvalue weighted by atomic mass is 9.96. The number of carbonyl (C=O) groups is 1. The third-order valence-electron chi connectivity index (χ3n) is 6.78. The van der Waals surface area contributed by atoms with Crippen molar-refractivity contribution in [3.8, 4) is 11.1 Å². The van der Waals surface area contributed by atoms with E-state index in [0.29, 0.717) is 29.1 Å². The van der Waals surface area contributed by atoms with Crippen molar-refractivity contribution in [1.82, 2.24) is 20.4 Å². The predicted molar refractivity (Wildman–Crippen MR) is 133 cm³/mol. The maximum absolute atomic E-state index is 14.2. The molecule has 2 heterocycles. The number of hydrogen-bond acceptors (Lipinski definition) is 3. The fraction of sp³-hybridized carbons (Fsp3) is 0.286. The first-order valence-electron chi connectivity index (χ1n) is 11.9. The van der Waals surface area contributed by atoms with Gasteiger partial charge in [-0.1, -0.05) is 54.6 Å². The van der Waals surface area contributed by atoms with E-state index in [2.05, 4.69) is 50.7 Å². The summed E-state index contributed by atoms with van der Waals surface area (Å²) in [7, 11) is 0. The highest BCUT2D eigenvalue weighted by atomic mass is 19.1. The Morgan fingerprint density at radius 3 is 2.59 bits per heavy atom. The lowest BCUT2D eigenvalue weighted by molar-refractivity contribution is 0.0933. The van der Waals surface area contributed by atoms with E-state index in [1.807, 2.05) is 18.2 Å². The number of hydrogen-bond donors (Lipinski definition) is 2. The molecule has 2 N–H and O–H groups in total. The highest BCUT2D eigenvalue weighted by Gasteiger charge is 2.21. The van der Waals surface area contributed by atoms with Crippen molar-refractivity contribution in [1.29, 1.82) is 0 Å². The molecule has 1 saturated heterocycles. The molecule has 174 valence electrons. The summed E-state index contributed by atoms with van der Waals surface area (Å²) in [6.07, 6.45) is 3.23. The predicted octanol–water partition coefficient (Wildman–Crippen LogP) is 5.05. The summed E-state index contributed by atoms with van der Waals surface area (Å²) in [6.45, 7) is 3.84. The van der Waals surface area contributed by atoms with Crippen LogP contribution in [-0.2, 0) is 6.42 Å². The number of likely N-dealkylation sites (tertiary alicyclic amines) is 1. The van der Waals surface area contributed by atoms with Gasteiger partial charge in [0.15, 0.2) is 5.69 Å². The van der Waals surface area contributed by atoms with Crippen molar-refractivity contribution in [2.75, 3.05) is 26.2 Å². The van der Waals surface area contributed by atoms with Crippen LogP contribution in [-0.4, -0.2) is 47.2 Å². The molecule has 34 heavy (non-hydrogen) atoms. The summed E-state index contributed by atoms with van der Waals surface area (Å²) in [5.74, 6) is -0.00833. The Hall–Kier alpha value is -3.51. The van der Waals surface area contributed by atoms with E-state index >= 15 is 0 Å². The van der Waals surface area contributed by atoms with Crippen molar-refractivity contribution >= 4 is 16.8 Å². The Labute approximate surface area is 199 Å². The van der Waals surface area contributed by atoms with E-state index in [9.17, 15) is 9.18 Å². The molecule has 6 heteroatoms. The zero-order valence-electron chi connectivity index (χ0n) is 19.1. The minimum Gasteiger partial charge on any atom is -0.350 e. The van der Waals surface area contributed by atoms with Gasteiger partial charge in [0, 0.05) is 24.0 Å². The lowest BCUT2D eigenvalue weighted by Gasteiger charge is -2.32. The molecular formula is C28H29FN4O. The fourth-order valence-corrected chi connectivity index (χ4v) is 4.72. The second-order valence-electron chi connectivity index (χ2n) is 9.04. The van der Waals surface area contributed by atoms with E-state index in [-0.39, 0.29) is 11.7 Å². The number of nitrogens with zero attached hydrogens (tertiary/aromatic N) is 2. The summed E-state index contributed by atoms with van der Waals surface area (Å²) in [5.41, 5.74) is 3.73. The van der Waals surface area contributed by atoms with Crippen molar-refractivity contribution in [2.24, 2.45) is 5.92 Å². The second-order valence-corrected chi connectivity index (χ2v) is 9.04. The van der Waals surface area contributed by atoms with Crippen LogP contribution in [0, 0.1) is 11.7 Å². The Morgan fingerprint density at radius 1 is 1.03 bits per heavy atom. The van der Waals surface area contributed by atoms with Gasteiger partial charge in [-0.3, -0.25) is 9.89 Å². The molecule has 3 aromatic carbocycles. The normalized spacial score (nSPS) is 15.0. The van der Waals surface area contributed by atoms with Crippen LogP contribution in [0.25, 0.3) is 22.0 Å². The molecule has 5 rings (SSSR count). The van der Waals surface area contributed by atoms with Crippen LogP contribution < -0.4 is 5.32 Å². The Kier molecular flexibility index (Phi) is 6.67. The highest BCUT2D eigenvalue weighted by Crippen LogP contribution is 2.27. The first-order valence-corrected chi connectivity index (χ1v) is 11.9.